The van der Waals surface area contributed by atoms with Crippen LogP contribution in [0.25, 0.3) is 10.6 Å². The first-order valence-electron chi connectivity index (χ1n) is 5.46. The van der Waals surface area contributed by atoms with Crippen molar-refractivity contribution in [3.05, 3.63) is 29.3 Å². The van der Waals surface area contributed by atoms with Gasteiger partial charge in [0.15, 0.2) is 5.78 Å². The number of Topliss-reactive ketones (excluding diaryl/α,β-unsaturated/α-hetero) is 1. The normalized spacial score (nSPS) is 10.3. The highest BCUT2D eigenvalue weighted by molar-refractivity contribution is 7.13. The highest BCUT2D eigenvalue weighted by Gasteiger charge is 2.12. The number of thiazole rings is 1. The van der Waals surface area contributed by atoms with Gasteiger partial charge in [-0.2, -0.15) is 0 Å². The van der Waals surface area contributed by atoms with Crippen molar-refractivity contribution in [2.75, 3.05) is 20.1 Å². The fourth-order valence-electron chi connectivity index (χ4n) is 1.53. The molecule has 1 heterocycles. The number of carbonyl (C=O) groups is 1. The maximum Gasteiger partial charge on any atom is 0.196 e. The molecule has 0 amide bonds. The lowest BCUT2D eigenvalue weighted by Gasteiger charge is -2.06. The Morgan fingerprint density at radius 3 is 2.42 bits per heavy atom. The van der Waals surface area contributed by atoms with E-state index in [-0.39, 0.29) is 11.7 Å². The van der Waals surface area contributed by atoms with Gasteiger partial charge in [0.05, 0.1) is 20.1 Å². The van der Waals surface area contributed by atoms with E-state index >= 15 is 0 Å². The number of rotatable bonds is 5. The number of nitrogens with zero attached hydrogens (tertiary/aromatic N) is 1. The summed E-state index contributed by atoms with van der Waals surface area (Å²) in [5.41, 5.74) is 1.23. The molecule has 2 aromatic rings. The second kappa shape index (κ2) is 6.04. The molecule has 0 atom stereocenters. The molecule has 0 aliphatic rings. The molecule has 19 heavy (non-hydrogen) atoms. The standard InChI is InChI=1S/C13H12ClNO3S/c1-17-9-3-8(4-10(5-9)18-2)13-15-11(7-19-13)12(16)6-14/h3-5,7H,6H2,1-2H3. The number of alkyl halides is 1. The lowest BCUT2D eigenvalue weighted by molar-refractivity contribution is 0.101. The molecule has 0 saturated carbocycles. The Morgan fingerprint density at radius 2 is 1.89 bits per heavy atom. The van der Waals surface area contributed by atoms with Crippen LogP contribution in [0.15, 0.2) is 23.6 Å². The zero-order valence-electron chi connectivity index (χ0n) is 10.5. The average molecular weight is 298 g/mol. The molecule has 0 fully saturated rings. The molecule has 0 aliphatic heterocycles. The molecule has 0 N–H and O–H groups in total. The van der Waals surface area contributed by atoms with Crippen molar-refractivity contribution in [1.82, 2.24) is 4.98 Å². The van der Waals surface area contributed by atoms with E-state index in [2.05, 4.69) is 4.98 Å². The minimum Gasteiger partial charge on any atom is -0.497 e. The Kier molecular flexibility index (Phi) is 4.39. The fraction of sp³-hybridized carbons (Fsp3) is 0.231. The van der Waals surface area contributed by atoms with Crippen LogP contribution in [-0.4, -0.2) is 30.9 Å². The zero-order valence-corrected chi connectivity index (χ0v) is 12.0. The van der Waals surface area contributed by atoms with Crippen LogP contribution in [0, 0.1) is 0 Å². The number of ketones is 1. The van der Waals surface area contributed by atoms with Crippen LogP contribution < -0.4 is 9.47 Å². The Bertz CT molecular complexity index is 575. The lowest BCUT2D eigenvalue weighted by atomic mass is 10.2. The largest absolute Gasteiger partial charge is 0.497 e. The van der Waals surface area contributed by atoms with Gasteiger partial charge >= 0.3 is 0 Å². The van der Waals surface area contributed by atoms with E-state index < -0.39 is 0 Å². The average Bonchev–Trinajstić information content (AvgIpc) is 2.95. The third-order valence-electron chi connectivity index (χ3n) is 2.51. The quantitative estimate of drug-likeness (QED) is 0.628. The summed E-state index contributed by atoms with van der Waals surface area (Å²) < 4.78 is 10.4. The van der Waals surface area contributed by atoms with Crippen molar-refractivity contribution in [3.8, 4) is 22.1 Å². The van der Waals surface area contributed by atoms with Gasteiger partial charge in [0.1, 0.15) is 22.2 Å². The van der Waals surface area contributed by atoms with E-state index in [1.165, 1.54) is 11.3 Å². The summed E-state index contributed by atoms with van der Waals surface area (Å²) in [5, 5.41) is 2.43. The monoisotopic (exact) mass is 297 g/mol. The zero-order chi connectivity index (χ0) is 13.8. The number of methoxy groups -OCH3 is 2. The van der Waals surface area contributed by atoms with E-state index in [1.54, 1.807) is 25.7 Å². The van der Waals surface area contributed by atoms with Crippen LogP contribution in [0.5, 0.6) is 11.5 Å². The third-order valence-corrected chi connectivity index (χ3v) is 3.64. The first-order chi connectivity index (χ1) is 9.17. The molecule has 0 bridgehead atoms. The molecule has 1 aromatic heterocycles. The van der Waals surface area contributed by atoms with E-state index in [0.29, 0.717) is 17.2 Å². The lowest BCUT2D eigenvalue weighted by Crippen LogP contribution is -2.00. The van der Waals surface area contributed by atoms with Crippen LogP contribution in [0.3, 0.4) is 0 Å². The van der Waals surface area contributed by atoms with Gasteiger partial charge in [0, 0.05) is 17.0 Å². The summed E-state index contributed by atoms with van der Waals surface area (Å²) in [7, 11) is 3.17. The number of hydrogen-bond donors (Lipinski definition) is 0. The molecule has 0 aliphatic carbocycles. The highest BCUT2D eigenvalue weighted by atomic mass is 35.5. The number of carbonyl (C=O) groups excluding carboxylic acids is 1. The predicted molar refractivity (Wildman–Crippen MR) is 75.7 cm³/mol. The van der Waals surface area contributed by atoms with Crippen LogP contribution in [0.1, 0.15) is 10.5 Å². The van der Waals surface area contributed by atoms with Gasteiger partial charge < -0.3 is 9.47 Å². The van der Waals surface area contributed by atoms with Gasteiger partial charge in [-0.25, -0.2) is 4.98 Å². The second-order valence-corrected chi connectivity index (χ2v) is 4.82. The summed E-state index contributed by atoms with van der Waals surface area (Å²) in [6, 6.07) is 5.47. The van der Waals surface area contributed by atoms with Gasteiger partial charge in [0.2, 0.25) is 0 Å². The minimum atomic E-state index is -0.181. The van der Waals surface area contributed by atoms with E-state index in [1.807, 2.05) is 12.1 Å². The van der Waals surface area contributed by atoms with Crippen molar-refractivity contribution in [3.63, 3.8) is 0 Å². The maximum atomic E-state index is 11.5. The van der Waals surface area contributed by atoms with E-state index in [4.69, 9.17) is 21.1 Å². The molecule has 0 unspecified atom stereocenters. The first kappa shape index (κ1) is 13.8. The number of hydrogen-bond acceptors (Lipinski definition) is 5. The molecule has 4 nitrogen and oxygen atoms in total. The topological polar surface area (TPSA) is 48.4 Å². The van der Waals surface area contributed by atoms with Gasteiger partial charge in [-0.05, 0) is 12.1 Å². The highest BCUT2D eigenvalue weighted by Crippen LogP contribution is 2.31. The molecule has 0 spiro atoms. The Morgan fingerprint density at radius 1 is 1.26 bits per heavy atom. The first-order valence-corrected chi connectivity index (χ1v) is 6.87. The van der Waals surface area contributed by atoms with Crippen molar-refractivity contribution in [2.24, 2.45) is 0 Å². The van der Waals surface area contributed by atoms with Crippen molar-refractivity contribution >= 4 is 28.7 Å². The van der Waals surface area contributed by atoms with Gasteiger partial charge in [-0.3, -0.25) is 4.79 Å². The number of aromatic nitrogens is 1. The second-order valence-electron chi connectivity index (χ2n) is 3.70. The van der Waals surface area contributed by atoms with E-state index in [0.717, 1.165) is 10.6 Å². The molecular formula is C13H12ClNO3S. The van der Waals surface area contributed by atoms with Crippen LogP contribution in [0.2, 0.25) is 0 Å². The van der Waals surface area contributed by atoms with Crippen molar-refractivity contribution in [1.29, 1.82) is 0 Å². The smallest absolute Gasteiger partial charge is 0.196 e. The summed E-state index contributed by atoms with van der Waals surface area (Å²) >= 11 is 6.90. The Hall–Kier alpha value is -1.59. The van der Waals surface area contributed by atoms with Crippen molar-refractivity contribution in [2.45, 2.75) is 0 Å². The molecular weight excluding hydrogens is 286 g/mol. The SMILES string of the molecule is COc1cc(OC)cc(-c2nc(C(=O)CCl)cs2)c1. The Labute approximate surface area is 120 Å². The Balaban J connectivity index is 2.40. The molecule has 6 heteroatoms. The molecule has 1 aromatic carbocycles. The predicted octanol–water partition coefficient (Wildman–Crippen LogP) is 3.25. The minimum absolute atomic E-state index is 0.0649. The van der Waals surface area contributed by atoms with Crippen molar-refractivity contribution < 1.29 is 14.3 Å². The van der Waals surface area contributed by atoms with Crippen LogP contribution >= 0.6 is 22.9 Å². The molecule has 100 valence electrons. The van der Waals surface area contributed by atoms with E-state index in [9.17, 15) is 4.79 Å². The van der Waals surface area contributed by atoms with Gasteiger partial charge in [-0.15, -0.1) is 22.9 Å². The van der Waals surface area contributed by atoms with Gasteiger partial charge in [0.25, 0.3) is 0 Å². The molecule has 0 saturated heterocycles. The summed E-state index contributed by atoms with van der Waals surface area (Å²) in [5.74, 6) is 1.11. The number of benzene rings is 1. The van der Waals surface area contributed by atoms with Crippen LogP contribution in [-0.2, 0) is 0 Å². The van der Waals surface area contributed by atoms with Crippen LogP contribution in [0.4, 0.5) is 0 Å². The number of halogens is 1. The third kappa shape index (κ3) is 3.05. The summed E-state index contributed by atoms with van der Waals surface area (Å²) in [4.78, 5) is 15.7. The molecule has 2 rings (SSSR count). The molecule has 0 radical (unpaired) electrons. The van der Waals surface area contributed by atoms with Gasteiger partial charge in [-0.1, -0.05) is 0 Å². The summed E-state index contributed by atoms with van der Waals surface area (Å²) in [6.07, 6.45) is 0. The number of ether oxygens (including phenoxy) is 2. The fourth-order valence-corrected chi connectivity index (χ4v) is 2.48. The summed E-state index contributed by atoms with van der Waals surface area (Å²) in [6.45, 7) is 0. The maximum absolute atomic E-state index is 11.5.